The number of nitrogens with one attached hydrogen (secondary N) is 1. The third-order valence-corrected chi connectivity index (χ3v) is 4.67. The van der Waals surface area contributed by atoms with Gasteiger partial charge in [-0.05, 0) is 25.5 Å². The third kappa shape index (κ3) is 3.01. The van der Waals surface area contributed by atoms with Crippen molar-refractivity contribution in [1.29, 1.82) is 0 Å². The van der Waals surface area contributed by atoms with Crippen LogP contribution in [-0.2, 0) is 0 Å². The molecule has 1 atom stereocenters. The summed E-state index contributed by atoms with van der Waals surface area (Å²) in [6.07, 6.45) is 6.87. The molecule has 1 unspecified atom stereocenters. The van der Waals surface area contributed by atoms with E-state index in [0.717, 1.165) is 13.0 Å². The number of thioether (sulfide) groups is 1. The normalized spacial score (nSPS) is 22.1. The van der Waals surface area contributed by atoms with Crippen LogP contribution in [0.1, 0.15) is 32.6 Å². The van der Waals surface area contributed by atoms with Crippen LogP contribution < -0.4 is 11.1 Å². The lowest BCUT2D eigenvalue weighted by molar-refractivity contribution is 0.309. The first-order valence-corrected chi connectivity index (χ1v) is 6.66. The van der Waals surface area contributed by atoms with Crippen LogP contribution in [0.15, 0.2) is 5.16 Å². The standard InChI is InChI=1S/C10H21N3OS/c1-3-8(9(11)13-14)12-7-10(15-2)5-4-6-10/h8,12,14H,3-7H2,1-2H3,(H2,11,13). The third-order valence-electron chi connectivity index (χ3n) is 3.25. The SMILES string of the molecule is CCC(NCC1(SC)CCC1)C(N)=NO. The molecule has 0 aromatic rings. The van der Waals surface area contributed by atoms with Crippen molar-refractivity contribution >= 4 is 17.6 Å². The lowest BCUT2D eigenvalue weighted by Gasteiger charge is -2.41. The summed E-state index contributed by atoms with van der Waals surface area (Å²) in [4.78, 5) is 0. The van der Waals surface area contributed by atoms with Gasteiger partial charge in [-0.2, -0.15) is 11.8 Å². The van der Waals surface area contributed by atoms with Crippen molar-refractivity contribution in [3.63, 3.8) is 0 Å². The van der Waals surface area contributed by atoms with E-state index in [0.29, 0.717) is 4.75 Å². The molecular weight excluding hydrogens is 210 g/mol. The lowest BCUT2D eigenvalue weighted by Crippen LogP contribution is -2.50. The second-order valence-corrected chi connectivity index (χ2v) is 5.38. The zero-order valence-corrected chi connectivity index (χ0v) is 10.3. The van der Waals surface area contributed by atoms with Gasteiger partial charge in [0.2, 0.25) is 0 Å². The van der Waals surface area contributed by atoms with Crippen molar-refractivity contribution in [3.05, 3.63) is 0 Å². The van der Waals surface area contributed by atoms with Crippen molar-refractivity contribution in [1.82, 2.24) is 5.32 Å². The van der Waals surface area contributed by atoms with E-state index in [1.54, 1.807) is 0 Å². The number of amidine groups is 1. The summed E-state index contributed by atoms with van der Waals surface area (Å²) in [5.41, 5.74) is 5.59. The van der Waals surface area contributed by atoms with Gasteiger partial charge in [-0.3, -0.25) is 0 Å². The molecule has 1 fully saturated rings. The van der Waals surface area contributed by atoms with Crippen molar-refractivity contribution in [2.45, 2.75) is 43.4 Å². The van der Waals surface area contributed by atoms with E-state index >= 15 is 0 Å². The van der Waals surface area contributed by atoms with Gasteiger partial charge in [-0.15, -0.1) is 0 Å². The molecule has 0 amide bonds. The molecule has 4 nitrogen and oxygen atoms in total. The van der Waals surface area contributed by atoms with E-state index in [2.05, 4.69) is 16.7 Å². The van der Waals surface area contributed by atoms with Gasteiger partial charge in [0.25, 0.3) is 0 Å². The molecule has 4 N–H and O–H groups in total. The monoisotopic (exact) mass is 231 g/mol. The van der Waals surface area contributed by atoms with Crippen LogP contribution in [0.2, 0.25) is 0 Å². The number of nitrogens with zero attached hydrogens (tertiary/aromatic N) is 1. The highest BCUT2D eigenvalue weighted by atomic mass is 32.2. The minimum atomic E-state index is -0.000347. The fourth-order valence-electron chi connectivity index (χ4n) is 1.86. The molecule has 5 heteroatoms. The molecule has 0 saturated heterocycles. The zero-order chi connectivity index (χ0) is 11.3. The average molecular weight is 231 g/mol. The van der Waals surface area contributed by atoms with Crippen molar-refractivity contribution < 1.29 is 5.21 Å². The number of nitrogens with two attached hydrogens (primary N) is 1. The van der Waals surface area contributed by atoms with Gasteiger partial charge < -0.3 is 16.3 Å². The molecule has 0 radical (unpaired) electrons. The Morgan fingerprint density at radius 2 is 2.33 bits per heavy atom. The highest BCUT2D eigenvalue weighted by molar-refractivity contribution is 8.00. The largest absolute Gasteiger partial charge is 0.409 e. The molecule has 0 bridgehead atoms. The van der Waals surface area contributed by atoms with E-state index in [1.165, 1.54) is 19.3 Å². The van der Waals surface area contributed by atoms with Gasteiger partial charge in [-0.25, -0.2) is 0 Å². The molecule has 15 heavy (non-hydrogen) atoms. The maximum Gasteiger partial charge on any atom is 0.156 e. The Morgan fingerprint density at radius 1 is 1.67 bits per heavy atom. The summed E-state index contributed by atoms with van der Waals surface area (Å²) in [7, 11) is 0. The summed E-state index contributed by atoms with van der Waals surface area (Å²) >= 11 is 1.93. The molecule has 0 heterocycles. The van der Waals surface area contributed by atoms with Crippen LogP contribution in [0, 0.1) is 0 Å². The van der Waals surface area contributed by atoms with Gasteiger partial charge >= 0.3 is 0 Å². The van der Waals surface area contributed by atoms with Crippen molar-refractivity contribution in [3.8, 4) is 0 Å². The quantitative estimate of drug-likeness (QED) is 0.279. The number of oxime groups is 1. The molecular formula is C10H21N3OS. The highest BCUT2D eigenvalue weighted by Crippen LogP contribution is 2.42. The second kappa shape index (κ2) is 5.61. The molecule has 88 valence electrons. The summed E-state index contributed by atoms with van der Waals surface area (Å²) < 4.78 is 0.392. The molecule has 0 aromatic carbocycles. The minimum absolute atomic E-state index is 0.000347. The summed E-state index contributed by atoms with van der Waals surface area (Å²) in [6, 6.07) is -0.000347. The predicted octanol–water partition coefficient (Wildman–Crippen LogP) is 1.39. The van der Waals surface area contributed by atoms with Crippen LogP contribution in [-0.4, -0.2) is 34.6 Å². The maximum absolute atomic E-state index is 8.61. The van der Waals surface area contributed by atoms with E-state index in [4.69, 9.17) is 10.9 Å². The summed E-state index contributed by atoms with van der Waals surface area (Å²) in [5, 5.41) is 15.0. The van der Waals surface area contributed by atoms with Crippen LogP contribution in [0.5, 0.6) is 0 Å². The van der Waals surface area contributed by atoms with E-state index in [-0.39, 0.29) is 11.9 Å². The highest BCUT2D eigenvalue weighted by Gasteiger charge is 2.36. The number of hydrogen-bond donors (Lipinski definition) is 3. The molecule has 0 spiro atoms. The Bertz CT molecular complexity index is 223. The molecule has 0 aliphatic heterocycles. The van der Waals surface area contributed by atoms with Gasteiger partial charge in [0, 0.05) is 11.3 Å². The van der Waals surface area contributed by atoms with Crippen LogP contribution in [0.3, 0.4) is 0 Å². The van der Waals surface area contributed by atoms with Gasteiger partial charge in [-0.1, -0.05) is 18.5 Å². The van der Waals surface area contributed by atoms with E-state index < -0.39 is 0 Å². The fourth-order valence-corrected chi connectivity index (χ4v) is 2.79. The first kappa shape index (κ1) is 12.6. The molecule has 1 rings (SSSR count). The van der Waals surface area contributed by atoms with Gasteiger partial charge in [0.15, 0.2) is 5.84 Å². The zero-order valence-electron chi connectivity index (χ0n) is 9.49. The van der Waals surface area contributed by atoms with Crippen LogP contribution in [0.4, 0.5) is 0 Å². The van der Waals surface area contributed by atoms with Crippen molar-refractivity contribution in [2.24, 2.45) is 10.9 Å². The Hall–Kier alpha value is -0.420. The Kier molecular flexibility index (Phi) is 4.73. The number of hydrogen-bond acceptors (Lipinski definition) is 4. The summed E-state index contributed by atoms with van der Waals surface area (Å²) in [5.74, 6) is 0.285. The molecule has 1 aliphatic rings. The Balaban J connectivity index is 2.40. The van der Waals surface area contributed by atoms with Crippen LogP contribution >= 0.6 is 11.8 Å². The number of rotatable bonds is 6. The van der Waals surface area contributed by atoms with E-state index in [9.17, 15) is 0 Å². The summed E-state index contributed by atoms with van der Waals surface area (Å²) in [6.45, 7) is 2.98. The first-order valence-electron chi connectivity index (χ1n) is 5.43. The lowest BCUT2D eigenvalue weighted by atomic mass is 9.84. The average Bonchev–Trinajstić information content (AvgIpc) is 2.21. The Labute approximate surface area is 95.7 Å². The van der Waals surface area contributed by atoms with Crippen molar-refractivity contribution in [2.75, 3.05) is 12.8 Å². The first-order chi connectivity index (χ1) is 7.17. The smallest absolute Gasteiger partial charge is 0.156 e. The topological polar surface area (TPSA) is 70.6 Å². The van der Waals surface area contributed by atoms with E-state index in [1.807, 2.05) is 18.7 Å². The van der Waals surface area contributed by atoms with Gasteiger partial charge in [0.05, 0.1) is 6.04 Å². The maximum atomic E-state index is 8.61. The molecule has 1 aliphatic carbocycles. The molecule has 1 saturated carbocycles. The van der Waals surface area contributed by atoms with Gasteiger partial charge in [0.1, 0.15) is 0 Å². The predicted molar refractivity (Wildman–Crippen MR) is 65.6 cm³/mol. The Morgan fingerprint density at radius 3 is 2.67 bits per heavy atom. The minimum Gasteiger partial charge on any atom is -0.409 e. The van der Waals surface area contributed by atoms with Crippen LogP contribution in [0.25, 0.3) is 0 Å². The fraction of sp³-hybridized carbons (Fsp3) is 0.900. The second-order valence-electron chi connectivity index (χ2n) is 4.11. The molecule has 0 aromatic heterocycles.